The van der Waals surface area contributed by atoms with Crippen LogP contribution in [0.1, 0.15) is 13.3 Å². The summed E-state index contributed by atoms with van der Waals surface area (Å²) in [5.74, 6) is -2.21. The molecule has 0 aromatic rings. The predicted octanol–water partition coefficient (Wildman–Crippen LogP) is -1.28. The fraction of sp³-hybridized carbons (Fsp3) is 0.571. The number of ether oxygens (including phenoxy) is 1. The molecule has 2 amide bonds. The molecular formula is C7H11ClN2O4. The van der Waals surface area contributed by atoms with Gasteiger partial charge in [0.05, 0.1) is 13.0 Å². The average Bonchev–Trinajstić information content (AvgIpc) is 2.28. The summed E-state index contributed by atoms with van der Waals surface area (Å²) in [6, 6.07) is 0. The van der Waals surface area contributed by atoms with Gasteiger partial charge in [0.25, 0.3) is 5.91 Å². The molecule has 0 saturated carbocycles. The standard InChI is InChI=1S/C7H10N2O4.ClH/c1-2-13-6(12)7(8)3-4(10)9-5(7)11;/h2-3,8H2,1H3,(H,9,10,11);1H/t7-;/m1./s1. The maximum Gasteiger partial charge on any atom is 0.336 e. The van der Waals surface area contributed by atoms with Gasteiger partial charge in [0.1, 0.15) is 0 Å². The van der Waals surface area contributed by atoms with Crippen LogP contribution in [0, 0.1) is 0 Å². The van der Waals surface area contributed by atoms with Gasteiger partial charge < -0.3 is 10.5 Å². The molecule has 1 aliphatic heterocycles. The zero-order chi connectivity index (χ0) is 10.1. The molecule has 0 aliphatic carbocycles. The van der Waals surface area contributed by atoms with E-state index in [0.29, 0.717) is 0 Å². The molecule has 1 rings (SSSR count). The van der Waals surface area contributed by atoms with E-state index in [-0.39, 0.29) is 25.4 Å². The molecule has 1 saturated heterocycles. The van der Waals surface area contributed by atoms with Crippen molar-refractivity contribution in [3.05, 3.63) is 0 Å². The second-order valence-corrected chi connectivity index (χ2v) is 2.75. The monoisotopic (exact) mass is 222 g/mol. The van der Waals surface area contributed by atoms with Crippen molar-refractivity contribution in [1.82, 2.24) is 5.32 Å². The Hall–Kier alpha value is -1.14. The van der Waals surface area contributed by atoms with Gasteiger partial charge in [-0.05, 0) is 6.92 Å². The van der Waals surface area contributed by atoms with Gasteiger partial charge in [0, 0.05) is 0 Å². The SMILES string of the molecule is CCOC(=O)[C@@]1(N)CC(=O)NC1=O.Cl. The van der Waals surface area contributed by atoms with Crippen LogP contribution in [0.3, 0.4) is 0 Å². The predicted molar refractivity (Wildman–Crippen MR) is 48.6 cm³/mol. The Labute approximate surface area is 86.6 Å². The summed E-state index contributed by atoms with van der Waals surface area (Å²) in [5, 5.41) is 1.94. The summed E-state index contributed by atoms with van der Waals surface area (Å²) in [4.78, 5) is 33.0. The number of rotatable bonds is 2. The smallest absolute Gasteiger partial charge is 0.336 e. The highest BCUT2D eigenvalue weighted by atomic mass is 35.5. The molecular weight excluding hydrogens is 212 g/mol. The lowest BCUT2D eigenvalue weighted by molar-refractivity contribution is -0.152. The Morgan fingerprint density at radius 3 is 2.57 bits per heavy atom. The fourth-order valence-electron chi connectivity index (χ4n) is 1.04. The van der Waals surface area contributed by atoms with E-state index in [1.165, 1.54) is 0 Å². The summed E-state index contributed by atoms with van der Waals surface area (Å²) in [6.07, 6.45) is -0.343. The molecule has 0 radical (unpaired) electrons. The quantitative estimate of drug-likeness (QED) is 0.344. The first kappa shape index (κ1) is 12.9. The van der Waals surface area contributed by atoms with Crippen LogP contribution < -0.4 is 11.1 Å². The maximum absolute atomic E-state index is 11.2. The van der Waals surface area contributed by atoms with E-state index >= 15 is 0 Å². The molecule has 0 aromatic heterocycles. The largest absolute Gasteiger partial charge is 0.464 e. The van der Waals surface area contributed by atoms with Crippen LogP contribution in [0.5, 0.6) is 0 Å². The van der Waals surface area contributed by atoms with Crippen LogP contribution in [0.15, 0.2) is 0 Å². The molecule has 6 nitrogen and oxygen atoms in total. The molecule has 1 atom stereocenters. The van der Waals surface area contributed by atoms with Crippen LogP contribution >= 0.6 is 12.4 Å². The summed E-state index contributed by atoms with van der Waals surface area (Å²) in [5.41, 5.74) is 3.59. The minimum Gasteiger partial charge on any atom is -0.464 e. The van der Waals surface area contributed by atoms with Gasteiger partial charge in [-0.25, -0.2) is 4.79 Å². The van der Waals surface area contributed by atoms with E-state index in [1.54, 1.807) is 6.92 Å². The summed E-state index contributed by atoms with van der Waals surface area (Å²) < 4.78 is 4.57. The molecule has 0 bridgehead atoms. The van der Waals surface area contributed by atoms with E-state index in [1.807, 2.05) is 5.32 Å². The highest BCUT2D eigenvalue weighted by Crippen LogP contribution is 2.15. The third kappa shape index (κ3) is 2.02. The Morgan fingerprint density at radius 2 is 2.21 bits per heavy atom. The van der Waals surface area contributed by atoms with E-state index < -0.39 is 23.3 Å². The first-order chi connectivity index (χ1) is 6.00. The highest BCUT2D eigenvalue weighted by Gasteiger charge is 2.51. The third-order valence-electron chi connectivity index (χ3n) is 1.74. The topological polar surface area (TPSA) is 98.5 Å². The van der Waals surface area contributed by atoms with Crippen molar-refractivity contribution >= 4 is 30.2 Å². The number of nitrogens with one attached hydrogen (secondary N) is 1. The van der Waals surface area contributed by atoms with Crippen molar-refractivity contribution in [2.75, 3.05) is 6.61 Å². The number of imide groups is 1. The van der Waals surface area contributed by atoms with E-state index in [2.05, 4.69) is 4.74 Å². The van der Waals surface area contributed by atoms with Crippen LogP contribution in [0.4, 0.5) is 0 Å². The summed E-state index contributed by atoms with van der Waals surface area (Å²) in [7, 11) is 0. The van der Waals surface area contributed by atoms with Crippen LogP contribution in [-0.4, -0.2) is 29.9 Å². The molecule has 0 aromatic carbocycles. The van der Waals surface area contributed by atoms with Crippen LogP contribution in [0.25, 0.3) is 0 Å². The lowest BCUT2D eigenvalue weighted by Crippen LogP contribution is -2.54. The minimum absolute atomic E-state index is 0. The van der Waals surface area contributed by atoms with Crippen molar-refractivity contribution in [2.45, 2.75) is 18.9 Å². The van der Waals surface area contributed by atoms with Crippen molar-refractivity contribution in [3.63, 3.8) is 0 Å². The Morgan fingerprint density at radius 1 is 1.64 bits per heavy atom. The number of nitrogens with two attached hydrogens (primary N) is 1. The molecule has 80 valence electrons. The van der Waals surface area contributed by atoms with Crippen LogP contribution in [-0.2, 0) is 19.1 Å². The minimum atomic E-state index is -1.83. The van der Waals surface area contributed by atoms with Gasteiger partial charge in [0.15, 0.2) is 0 Å². The first-order valence-electron chi connectivity index (χ1n) is 3.81. The third-order valence-corrected chi connectivity index (χ3v) is 1.74. The molecule has 0 unspecified atom stereocenters. The Balaban J connectivity index is 0.00000169. The first-order valence-corrected chi connectivity index (χ1v) is 3.81. The number of carbonyl (C=O) groups is 3. The normalized spacial score (nSPS) is 25.3. The molecule has 1 aliphatic rings. The molecule has 7 heteroatoms. The molecule has 0 spiro atoms. The lowest BCUT2D eigenvalue weighted by atomic mass is 10.00. The van der Waals surface area contributed by atoms with E-state index in [4.69, 9.17) is 5.73 Å². The van der Waals surface area contributed by atoms with Crippen molar-refractivity contribution in [3.8, 4) is 0 Å². The van der Waals surface area contributed by atoms with Crippen molar-refractivity contribution < 1.29 is 19.1 Å². The van der Waals surface area contributed by atoms with Crippen molar-refractivity contribution in [2.24, 2.45) is 5.73 Å². The number of carbonyl (C=O) groups excluding carboxylic acids is 3. The number of halogens is 1. The Bertz CT molecular complexity index is 281. The zero-order valence-corrected chi connectivity index (χ0v) is 8.35. The van der Waals surface area contributed by atoms with E-state index in [0.717, 1.165) is 0 Å². The molecule has 1 heterocycles. The van der Waals surface area contributed by atoms with Gasteiger partial charge in [0.2, 0.25) is 11.4 Å². The second-order valence-electron chi connectivity index (χ2n) is 2.75. The summed E-state index contributed by atoms with van der Waals surface area (Å²) in [6.45, 7) is 1.72. The lowest BCUT2D eigenvalue weighted by Gasteiger charge is -2.16. The van der Waals surface area contributed by atoms with Crippen molar-refractivity contribution in [1.29, 1.82) is 0 Å². The van der Waals surface area contributed by atoms with Gasteiger partial charge >= 0.3 is 5.97 Å². The number of amides is 2. The summed E-state index contributed by atoms with van der Waals surface area (Å²) >= 11 is 0. The van der Waals surface area contributed by atoms with Gasteiger partial charge in [-0.3, -0.25) is 14.9 Å². The average molecular weight is 223 g/mol. The number of hydrogen-bond acceptors (Lipinski definition) is 5. The molecule has 1 fully saturated rings. The Kier molecular flexibility index (Phi) is 4.03. The highest BCUT2D eigenvalue weighted by molar-refractivity contribution is 6.19. The maximum atomic E-state index is 11.2. The van der Waals surface area contributed by atoms with Gasteiger partial charge in [-0.2, -0.15) is 0 Å². The number of esters is 1. The fourth-order valence-corrected chi connectivity index (χ4v) is 1.04. The van der Waals surface area contributed by atoms with Gasteiger partial charge in [-0.1, -0.05) is 0 Å². The molecule has 14 heavy (non-hydrogen) atoms. The second kappa shape index (κ2) is 4.39. The zero-order valence-electron chi connectivity index (χ0n) is 7.53. The molecule has 3 N–H and O–H groups in total. The van der Waals surface area contributed by atoms with Crippen LogP contribution in [0.2, 0.25) is 0 Å². The van der Waals surface area contributed by atoms with E-state index in [9.17, 15) is 14.4 Å². The van der Waals surface area contributed by atoms with Gasteiger partial charge in [-0.15, -0.1) is 12.4 Å². The number of hydrogen-bond donors (Lipinski definition) is 2.